The molecule has 1 atom stereocenters. The van der Waals surface area contributed by atoms with E-state index in [0.717, 1.165) is 25.1 Å². The van der Waals surface area contributed by atoms with E-state index in [1.165, 1.54) is 16.7 Å². The molecule has 100 valence electrons. The van der Waals surface area contributed by atoms with Crippen molar-refractivity contribution in [3.05, 3.63) is 41.5 Å². The Morgan fingerprint density at radius 2 is 2.17 bits per heavy atom. The molecule has 0 amide bonds. The highest BCUT2D eigenvalue weighted by molar-refractivity contribution is 5.39. The second-order valence-electron chi connectivity index (χ2n) is 4.91. The van der Waals surface area contributed by atoms with E-state index in [1.807, 2.05) is 0 Å². The number of aryl methyl sites for hydroxylation is 1. The summed E-state index contributed by atoms with van der Waals surface area (Å²) >= 11 is 0. The van der Waals surface area contributed by atoms with Gasteiger partial charge in [-0.1, -0.05) is 24.6 Å². The molecule has 0 aliphatic heterocycles. The number of hydrogen-bond donors (Lipinski definition) is 1. The lowest BCUT2D eigenvalue weighted by atomic mass is 9.98. The van der Waals surface area contributed by atoms with E-state index >= 15 is 0 Å². The lowest BCUT2D eigenvalue weighted by Gasteiger charge is -2.21. The van der Waals surface area contributed by atoms with Gasteiger partial charge in [-0.05, 0) is 44.9 Å². The molecule has 0 spiro atoms. The summed E-state index contributed by atoms with van der Waals surface area (Å²) in [5, 5.41) is 3.57. The van der Waals surface area contributed by atoms with Gasteiger partial charge in [0.15, 0.2) is 0 Å². The third-order valence-electron chi connectivity index (χ3n) is 2.96. The van der Waals surface area contributed by atoms with E-state index in [4.69, 9.17) is 4.74 Å². The topological polar surface area (TPSA) is 21.3 Å². The summed E-state index contributed by atoms with van der Waals surface area (Å²) in [5.74, 6) is 0.963. The van der Waals surface area contributed by atoms with Crippen LogP contribution < -0.4 is 10.1 Å². The monoisotopic (exact) mass is 247 g/mol. The molecular formula is C16H25NO. The third kappa shape index (κ3) is 4.19. The van der Waals surface area contributed by atoms with E-state index in [2.05, 4.69) is 50.9 Å². The van der Waals surface area contributed by atoms with Crippen molar-refractivity contribution in [1.82, 2.24) is 5.32 Å². The normalized spacial score (nSPS) is 12.2. The molecule has 0 fully saturated rings. The Balaban J connectivity index is 2.98. The molecule has 2 nitrogen and oxygen atoms in total. The van der Waals surface area contributed by atoms with Gasteiger partial charge in [0, 0.05) is 11.6 Å². The lowest BCUT2D eigenvalue weighted by molar-refractivity contribution is 0.397. The number of rotatable bonds is 7. The molecule has 1 rings (SSSR count). The van der Waals surface area contributed by atoms with Gasteiger partial charge in [0.1, 0.15) is 5.75 Å². The first-order valence-electron chi connectivity index (χ1n) is 6.60. The van der Waals surface area contributed by atoms with E-state index in [-0.39, 0.29) is 6.04 Å². The van der Waals surface area contributed by atoms with Crippen molar-refractivity contribution in [2.45, 2.75) is 39.7 Å². The minimum absolute atomic E-state index is 0.290. The van der Waals surface area contributed by atoms with Crippen LogP contribution in [0.15, 0.2) is 30.4 Å². The molecule has 1 N–H and O–H groups in total. The fourth-order valence-corrected chi connectivity index (χ4v) is 2.07. The van der Waals surface area contributed by atoms with Crippen LogP contribution in [0.1, 0.15) is 43.9 Å². The maximum absolute atomic E-state index is 5.50. The van der Waals surface area contributed by atoms with Crippen LogP contribution >= 0.6 is 0 Å². The molecule has 0 saturated heterocycles. The molecule has 0 aromatic heterocycles. The van der Waals surface area contributed by atoms with Crippen LogP contribution in [0, 0.1) is 6.92 Å². The summed E-state index contributed by atoms with van der Waals surface area (Å²) < 4.78 is 5.50. The first kappa shape index (κ1) is 14.8. The molecule has 1 unspecified atom stereocenters. The minimum Gasteiger partial charge on any atom is -0.496 e. The molecule has 2 heteroatoms. The summed E-state index contributed by atoms with van der Waals surface area (Å²) in [4.78, 5) is 0. The summed E-state index contributed by atoms with van der Waals surface area (Å²) in [5.41, 5.74) is 3.63. The van der Waals surface area contributed by atoms with Crippen molar-refractivity contribution in [2.24, 2.45) is 0 Å². The predicted octanol–water partition coefficient (Wildman–Crippen LogP) is 4.01. The second-order valence-corrected chi connectivity index (χ2v) is 4.91. The number of nitrogens with one attached hydrogen (secondary N) is 1. The van der Waals surface area contributed by atoms with E-state index in [9.17, 15) is 0 Å². The van der Waals surface area contributed by atoms with Crippen LogP contribution in [0.3, 0.4) is 0 Å². The van der Waals surface area contributed by atoms with Gasteiger partial charge in [-0.25, -0.2) is 0 Å². The summed E-state index contributed by atoms with van der Waals surface area (Å²) in [7, 11) is 1.73. The standard InChI is InChI=1S/C16H25NO/c1-6-9-17-15(10-12(2)3)14-8-7-13(4)11-16(14)18-5/h7-8,11,15,17H,2,6,9-10H2,1,3-5H3. The zero-order chi connectivity index (χ0) is 13.5. The third-order valence-corrected chi connectivity index (χ3v) is 2.96. The van der Waals surface area contributed by atoms with Crippen LogP contribution in [0.4, 0.5) is 0 Å². The zero-order valence-electron chi connectivity index (χ0n) is 12.0. The highest BCUT2D eigenvalue weighted by atomic mass is 16.5. The molecule has 18 heavy (non-hydrogen) atoms. The number of benzene rings is 1. The Bertz CT molecular complexity index is 398. The molecule has 0 aliphatic carbocycles. The van der Waals surface area contributed by atoms with Gasteiger partial charge in [-0.2, -0.15) is 0 Å². The fourth-order valence-electron chi connectivity index (χ4n) is 2.07. The fraction of sp³-hybridized carbons (Fsp3) is 0.500. The van der Waals surface area contributed by atoms with E-state index < -0.39 is 0 Å². The van der Waals surface area contributed by atoms with Crippen LogP contribution in [0.2, 0.25) is 0 Å². The van der Waals surface area contributed by atoms with Crippen molar-refractivity contribution >= 4 is 0 Å². The molecule has 0 radical (unpaired) electrons. The van der Waals surface area contributed by atoms with E-state index in [1.54, 1.807) is 7.11 Å². The number of methoxy groups -OCH3 is 1. The quantitative estimate of drug-likeness (QED) is 0.735. The largest absolute Gasteiger partial charge is 0.496 e. The van der Waals surface area contributed by atoms with Crippen molar-refractivity contribution in [3.63, 3.8) is 0 Å². The maximum atomic E-state index is 5.50. The minimum atomic E-state index is 0.290. The zero-order valence-corrected chi connectivity index (χ0v) is 12.0. The van der Waals surface area contributed by atoms with Crippen molar-refractivity contribution in [1.29, 1.82) is 0 Å². The molecule has 0 saturated carbocycles. The molecule has 0 aliphatic rings. The van der Waals surface area contributed by atoms with Crippen LogP contribution in [-0.4, -0.2) is 13.7 Å². The average molecular weight is 247 g/mol. The van der Waals surface area contributed by atoms with Gasteiger partial charge in [-0.3, -0.25) is 0 Å². The summed E-state index contributed by atoms with van der Waals surface area (Å²) in [6.45, 7) is 11.4. The van der Waals surface area contributed by atoms with Gasteiger partial charge >= 0.3 is 0 Å². The smallest absolute Gasteiger partial charge is 0.123 e. The van der Waals surface area contributed by atoms with Crippen molar-refractivity contribution < 1.29 is 4.74 Å². The van der Waals surface area contributed by atoms with Gasteiger partial charge < -0.3 is 10.1 Å². The average Bonchev–Trinajstić information content (AvgIpc) is 2.34. The van der Waals surface area contributed by atoms with Crippen LogP contribution in [0.25, 0.3) is 0 Å². The highest BCUT2D eigenvalue weighted by Crippen LogP contribution is 2.29. The Kier molecular flexibility index (Phi) is 5.93. The highest BCUT2D eigenvalue weighted by Gasteiger charge is 2.15. The first-order chi connectivity index (χ1) is 8.58. The lowest BCUT2D eigenvalue weighted by Crippen LogP contribution is -2.23. The van der Waals surface area contributed by atoms with Gasteiger partial charge in [-0.15, -0.1) is 6.58 Å². The second kappa shape index (κ2) is 7.22. The maximum Gasteiger partial charge on any atom is 0.123 e. The molecule has 1 aromatic rings. The molecule has 1 aromatic carbocycles. The van der Waals surface area contributed by atoms with Crippen LogP contribution in [0.5, 0.6) is 5.75 Å². The van der Waals surface area contributed by atoms with Crippen molar-refractivity contribution in [2.75, 3.05) is 13.7 Å². The Morgan fingerprint density at radius 1 is 1.44 bits per heavy atom. The number of hydrogen-bond acceptors (Lipinski definition) is 2. The first-order valence-corrected chi connectivity index (χ1v) is 6.60. The Morgan fingerprint density at radius 3 is 2.72 bits per heavy atom. The summed E-state index contributed by atoms with van der Waals surface area (Å²) in [6.07, 6.45) is 2.07. The van der Waals surface area contributed by atoms with Crippen molar-refractivity contribution in [3.8, 4) is 5.75 Å². The van der Waals surface area contributed by atoms with Gasteiger partial charge in [0.2, 0.25) is 0 Å². The van der Waals surface area contributed by atoms with E-state index in [0.29, 0.717) is 0 Å². The Hall–Kier alpha value is -1.28. The SMILES string of the molecule is C=C(C)CC(NCCC)c1ccc(C)cc1OC. The number of ether oxygens (including phenoxy) is 1. The molecular weight excluding hydrogens is 222 g/mol. The Labute approximate surface area is 111 Å². The molecule has 0 bridgehead atoms. The van der Waals surface area contributed by atoms with Gasteiger partial charge in [0.05, 0.1) is 7.11 Å². The predicted molar refractivity (Wildman–Crippen MR) is 78.2 cm³/mol. The molecule has 0 heterocycles. The van der Waals surface area contributed by atoms with Gasteiger partial charge in [0.25, 0.3) is 0 Å². The summed E-state index contributed by atoms with van der Waals surface area (Å²) in [6, 6.07) is 6.67. The van der Waals surface area contributed by atoms with Crippen LogP contribution in [-0.2, 0) is 0 Å².